The van der Waals surface area contributed by atoms with Gasteiger partial charge < -0.3 is 9.64 Å². The molecule has 3 aromatic rings. The summed E-state index contributed by atoms with van der Waals surface area (Å²) in [5.74, 6) is 1.25. The van der Waals surface area contributed by atoms with Gasteiger partial charge in [-0.25, -0.2) is 18.2 Å². The van der Waals surface area contributed by atoms with E-state index in [9.17, 15) is 8.60 Å². The Labute approximate surface area is 183 Å². The molecule has 2 bridgehead atoms. The van der Waals surface area contributed by atoms with Crippen molar-refractivity contribution in [3.63, 3.8) is 0 Å². The molecule has 5 rings (SSSR count). The summed E-state index contributed by atoms with van der Waals surface area (Å²) in [5.41, 5.74) is 2.51. The monoisotopic (exact) mass is 457 g/mol. The third-order valence-corrected chi connectivity index (χ3v) is 8.03. The fourth-order valence-corrected chi connectivity index (χ4v) is 5.77. The van der Waals surface area contributed by atoms with Gasteiger partial charge in [0, 0.05) is 52.3 Å². The van der Waals surface area contributed by atoms with E-state index in [-0.39, 0.29) is 11.9 Å². The summed E-state index contributed by atoms with van der Waals surface area (Å²) in [5, 5.41) is 4.43. The molecule has 1 saturated heterocycles. The first-order valence-electron chi connectivity index (χ1n) is 10.4. The van der Waals surface area contributed by atoms with Gasteiger partial charge in [0.1, 0.15) is 26.3 Å². The maximum absolute atomic E-state index is 14.2. The topological polar surface area (TPSA) is 63.0 Å². The average molecular weight is 458 g/mol. The van der Waals surface area contributed by atoms with Gasteiger partial charge in [0.05, 0.1) is 18.8 Å². The van der Waals surface area contributed by atoms with Gasteiger partial charge in [-0.1, -0.05) is 0 Å². The van der Waals surface area contributed by atoms with E-state index < -0.39 is 9.12 Å². The maximum Gasteiger partial charge on any atom is 0.161 e. The standard InChI is InChI=1S/C21H24FN5O2SSi/c1-30(28,31)25-8-3-11-29-19-6-5-16(22)12-17(19)18-4-2-9-26(18)20-7-10-27-21(24-20)15(14-25)13-23-27/h5-7,10,12-13,18H,2-4,8-9,11,14H2,1H3/t18-,30?/m1/s1. The van der Waals surface area contributed by atoms with Crippen molar-refractivity contribution in [1.29, 1.82) is 0 Å². The predicted molar refractivity (Wildman–Crippen MR) is 119 cm³/mol. The van der Waals surface area contributed by atoms with Crippen LogP contribution in [0.1, 0.15) is 36.4 Å². The first kappa shape index (κ1) is 20.6. The van der Waals surface area contributed by atoms with Gasteiger partial charge in [-0.05, 0) is 43.5 Å². The van der Waals surface area contributed by atoms with Crippen molar-refractivity contribution < 1.29 is 13.3 Å². The third kappa shape index (κ3) is 3.99. The average Bonchev–Trinajstić information content (AvgIpc) is 3.36. The molecule has 0 N–H and O–H groups in total. The fraction of sp³-hybridized carbons (Fsp3) is 0.429. The zero-order chi connectivity index (χ0) is 21.6. The molecule has 31 heavy (non-hydrogen) atoms. The largest absolute Gasteiger partial charge is 0.493 e. The molecule has 1 unspecified atom stereocenters. The highest BCUT2D eigenvalue weighted by molar-refractivity contribution is 8.02. The summed E-state index contributed by atoms with van der Waals surface area (Å²) in [4.78, 5) is 7.13. The molecule has 10 heteroatoms. The molecule has 2 aromatic heterocycles. The molecule has 0 amide bonds. The number of hydrogen-bond donors (Lipinski definition) is 0. The first-order valence-corrected chi connectivity index (χ1v) is 13.6. The van der Waals surface area contributed by atoms with Crippen LogP contribution in [0.15, 0.2) is 36.7 Å². The quantitative estimate of drug-likeness (QED) is 0.526. The van der Waals surface area contributed by atoms with Crippen LogP contribution in [-0.4, -0.2) is 58.0 Å². The van der Waals surface area contributed by atoms with Crippen molar-refractivity contribution in [1.82, 2.24) is 18.9 Å². The lowest BCUT2D eigenvalue weighted by Gasteiger charge is -2.28. The molecule has 7 nitrogen and oxygen atoms in total. The van der Waals surface area contributed by atoms with Crippen LogP contribution in [-0.2, 0) is 15.7 Å². The number of anilines is 1. The smallest absolute Gasteiger partial charge is 0.161 e. The third-order valence-electron chi connectivity index (χ3n) is 5.95. The van der Waals surface area contributed by atoms with E-state index in [0.717, 1.165) is 42.0 Å². The molecular formula is C21H24FN5O2SSi. The van der Waals surface area contributed by atoms with E-state index in [2.05, 4.69) is 18.9 Å². The minimum absolute atomic E-state index is 0.00285. The predicted octanol–water partition coefficient (Wildman–Crippen LogP) is 2.71. The Kier molecular flexibility index (Phi) is 5.31. The van der Waals surface area contributed by atoms with E-state index in [1.165, 1.54) is 6.07 Å². The second-order valence-corrected chi connectivity index (χ2v) is 12.5. The molecule has 1 aromatic carbocycles. The SMILES string of the molecule is CS(=O)(=[Si])N1CCCOc2ccc(F)cc2[C@H]2CCCN2c2ccn3ncc(c3n2)C1. The van der Waals surface area contributed by atoms with Crippen LogP contribution in [0.2, 0.25) is 0 Å². The molecule has 0 spiro atoms. The highest BCUT2D eigenvalue weighted by atomic mass is 32.3. The molecule has 0 aliphatic carbocycles. The van der Waals surface area contributed by atoms with Crippen LogP contribution >= 0.6 is 0 Å². The first-order chi connectivity index (χ1) is 14.9. The Morgan fingerprint density at radius 3 is 2.97 bits per heavy atom. The van der Waals surface area contributed by atoms with Crippen molar-refractivity contribution in [3.8, 4) is 5.75 Å². The Morgan fingerprint density at radius 2 is 2.13 bits per heavy atom. The summed E-state index contributed by atoms with van der Waals surface area (Å²) in [6.45, 7) is 2.33. The number of benzene rings is 1. The lowest BCUT2D eigenvalue weighted by molar-refractivity contribution is 0.286. The molecular weight excluding hydrogens is 433 g/mol. The van der Waals surface area contributed by atoms with Crippen molar-refractivity contribution in [3.05, 3.63) is 53.6 Å². The zero-order valence-corrected chi connectivity index (χ0v) is 19.1. The summed E-state index contributed by atoms with van der Waals surface area (Å²) in [6.07, 6.45) is 7.93. The number of fused-ring (bicyclic) bond motifs is 5. The summed E-state index contributed by atoms with van der Waals surface area (Å²) in [7, 11) is 1.04. The van der Waals surface area contributed by atoms with Crippen LogP contribution in [0.5, 0.6) is 5.75 Å². The molecule has 2 radical (unpaired) electrons. The van der Waals surface area contributed by atoms with Gasteiger partial charge >= 0.3 is 0 Å². The number of nitrogens with zero attached hydrogens (tertiary/aromatic N) is 5. The van der Waals surface area contributed by atoms with E-state index in [1.54, 1.807) is 29.1 Å². The van der Waals surface area contributed by atoms with Crippen molar-refractivity contribution in [2.45, 2.75) is 31.8 Å². The molecule has 1 fully saturated rings. The van der Waals surface area contributed by atoms with Crippen LogP contribution in [0, 0.1) is 5.82 Å². The van der Waals surface area contributed by atoms with Crippen molar-refractivity contribution in [2.75, 3.05) is 30.9 Å². The minimum atomic E-state index is -2.37. The van der Waals surface area contributed by atoms with Gasteiger partial charge in [-0.15, -0.1) is 0 Å². The minimum Gasteiger partial charge on any atom is -0.493 e. The molecule has 2 atom stereocenters. The van der Waals surface area contributed by atoms with Crippen LogP contribution in [0.3, 0.4) is 0 Å². The molecule has 2 aliphatic rings. The second-order valence-electron chi connectivity index (χ2n) is 8.13. The number of halogens is 1. The van der Waals surface area contributed by atoms with Crippen molar-refractivity contribution >= 4 is 29.5 Å². The lowest BCUT2D eigenvalue weighted by atomic mass is 10.0. The number of rotatable bonds is 1. The van der Waals surface area contributed by atoms with E-state index in [1.807, 2.05) is 16.6 Å². The Hall–Kier alpha value is -2.30. The Balaban J connectivity index is 1.64. The highest BCUT2D eigenvalue weighted by Crippen LogP contribution is 2.40. The van der Waals surface area contributed by atoms with Gasteiger partial charge in [0.2, 0.25) is 0 Å². The Morgan fingerprint density at radius 1 is 1.26 bits per heavy atom. The van der Waals surface area contributed by atoms with Crippen LogP contribution in [0.25, 0.3) is 5.65 Å². The fourth-order valence-electron chi connectivity index (χ4n) is 4.44. The van der Waals surface area contributed by atoms with Gasteiger partial charge in [0.25, 0.3) is 0 Å². The number of ether oxygens (including phenoxy) is 1. The molecule has 0 saturated carbocycles. The normalized spacial score (nSPS) is 21.9. The van der Waals surface area contributed by atoms with Gasteiger partial charge in [0.15, 0.2) is 5.65 Å². The summed E-state index contributed by atoms with van der Waals surface area (Å²) < 4.78 is 36.7. The van der Waals surface area contributed by atoms with Crippen LogP contribution in [0.4, 0.5) is 10.2 Å². The molecule has 2 aliphatic heterocycles. The van der Waals surface area contributed by atoms with Crippen LogP contribution < -0.4 is 9.64 Å². The molecule has 4 heterocycles. The van der Waals surface area contributed by atoms with Crippen molar-refractivity contribution in [2.24, 2.45) is 0 Å². The summed E-state index contributed by atoms with van der Waals surface area (Å²) in [6, 6.07) is 6.68. The lowest BCUT2D eigenvalue weighted by Crippen LogP contribution is -2.31. The van der Waals surface area contributed by atoms with Gasteiger partial charge in [-0.2, -0.15) is 5.10 Å². The Bertz CT molecular complexity index is 1230. The maximum atomic E-state index is 14.2. The number of hydrogen-bond acceptors (Lipinski definition) is 5. The van der Waals surface area contributed by atoms with Gasteiger partial charge in [-0.3, -0.25) is 4.21 Å². The van der Waals surface area contributed by atoms with E-state index in [4.69, 9.17) is 9.72 Å². The molecule has 162 valence electrons. The second kappa shape index (κ2) is 7.99. The zero-order valence-electron chi connectivity index (χ0n) is 17.3. The van der Waals surface area contributed by atoms with E-state index >= 15 is 0 Å². The summed E-state index contributed by atoms with van der Waals surface area (Å²) >= 11 is 0. The number of aromatic nitrogens is 3. The highest BCUT2D eigenvalue weighted by Gasteiger charge is 2.30. The van der Waals surface area contributed by atoms with E-state index in [0.29, 0.717) is 31.9 Å².